The SMILES string of the molecule is BC1CN(P(=O)(S)N(C)C)CC(OC)O1. The van der Waals surface area contributed by atoms with Crippen LogP contribution in [0.25, 0.3) is 0 Å². The zero-order valence-corrected chi connectivity index (χ0v) is 11.4. The van der Waals surface area contributed by atoms with Gasteiger partial charge in [-0.05, 0) is 14.1 Å². The van der Waals surface area contributed by atoms with Crippen LogP contribution in [0.4, 0.5) is 0 Å². The van der Waals surface area contributed by atoms with Crippen LogP contribution in [0.2, 0.25) is 0 Å². The van der Waals surface area contributed by atoms with Crippen LogP contribution in [0.1, 0.15) is 0 Å². The number of thiol groups is 1. The van der Waals surface area contributed by atoms with Crippen molar-refractivity contribution in [3.05, 3.63) is 0 Å². The highest BCUT2D eigenvalue weighted by atomic mass is 32.7. The van der Waals surface area contributed by atoms with Crippen molar-refractivity contribution in [1.82, 2.24) is 9.34 Å². The Morgan fingerprint density at radius 3 is 2.67 bits per heavy atom. The fraction of sp³-hybridized carbons (Fsp3) is 1.00. The molecule has 0 bridgehead atoms. The molecule has 5 nitrogen and oxygen atoms in total. The summed E-state index contributed by atoms with van der Waals surface area (Å²) >= 11 is 4.24. The van der Waals surface area contributed by atoms with Gasteiger partial charge in [0.1, 0.15) is 7.85 Å². The normalized spacial score (nSPS) is 32.9. The number of nitrogens with zero attached hydrogens (tertiary/aromatic N) is 2. The molecule has 15 heavy (non-hydrogen) atoms. The van der Waals surface area contributed by atoms with Crippen LogP contribution in [0.5, 0.6) is 0 Å². The summed E-state index contributed by atoms with van der Waals surface area (Å²) in [5.41, 5.74) is 0. The first-order chi connectivity index (χ1) is 6.87. The molecule has 0 spiro atoms. The third kappa shape index (κ3) is 3.22. The van der Waals surface area contributed by atoms with Crippen molar-refractivity contribution in [1.29, 1.82) is 0 Å². The molecule has 3 unspecified atom stereocenters. The van der Waals surface area contributed by atoms with Gasteiger partial charge in [0.25, 0.3) is 6.65 Å². The predicted octanol–water partition coefficient (Wildman–Crippen LogP) is -0.150. The van der Waals surface area contributed by atoms with E-state index in [4.69, 9.17) is 9.47 Å². The lowest BCUT2D eigenvalue weighted by molar-refractivity contribution is -0.164. The number of methoxy groups -OCH3 is 1. The van der Waals surface area contributed by atoms with Gasteiger partial charge in [0.05, 0.1) is 6.54 Å². The molecular formula is C7H18BN2O3PS. The molecule has 8 heteroatoms. The van der Waals surface area contributed by atoms with Crippen LogP contribution in [0.15, 0.2) is 0 Å². The van der Waals surface area contributed by atoms with Gasteiger partial charge in [0, 0.05) is 19.7 Å². The lowest BCUT2D eigenvalue weighted by Gasteiger charge is -2.40. The van der Waals surface area contributed by atoms with E-state index in [1.54, 1.807) is 25.9 Å². The topological polar surface area (TPSA) is 42.0 Å². The smallest absolute Gasteiger partial charge is 0.268 e. The minimum Gasteiger partial charge on any atom is -0.356 e. The van der Waals surface area contributed by atoms with E-state index in [1.807, 2.05) is 12.5 Å². The molecule has 0 amide bonds. The van der Waals surface area contributed by atoms with Crippen molar-refractivity contribution in [2.45, 2.75) is 12.3 Å². The maximum Gasteiger partial charge on any atom is 0.268 e. The van der Waals surface area contributed by atoms with Crippen LogP contribution in [0.3, 0.4) is 0 Å². The fourth-order valence-electron chi connectivity index (χ4n) is 1.48. The molecule has 0 radical (unpaired) electrons. The molecule has 1 aliphatic heterocycles. The van der Waals surface area contributed by atoms with E-state index in [2.05, 4.69) is 12.2 Å². The van der Waals surface area contributed by atoms with Gasteiger partial charge in [-0.25, -0.2) is 9.34 Å². The molecule has 1 rings (SSSR count). The lowest BCUT2D eigenvalue weighted by Crippen LogP contribution is -2.47. The maximum atomic E-state index is 12.3. The number of morpholine rings is 1. The molecule has 1 fully saturated rings. The molecule has 0 N–H and O–H groups in total. The molecule has 0 aromatic heterocycles. The van der Waals surface area contributed by atoms with Crippen molar-refractivity contribution in [2.24, 2.45) is 0 Å². The summed E-state index contributed by atoms with van der Waals surface area (Å²) in [4.78, 5) is 0. The monoisotopic (exact) mass is 252 g/mol. The molecule has 1 heterocycles. The van der Waals surface area contributed by atoms with Gasteiger partial charge in [-0.15, -0.1) is 0 Å². The third-order valence-corrected chi connectivity index (χ3v) is 6.30. The molecule has 1 saturated heterocycles. The second-order valence-corrected chi connectivity index (χ2v) is 7.80. The van der Waals surface area contributed by atoms with Crippen molar-refractivity contribution in [2.75, 3.05) is 34.3 Å². The Morgan fingerprint density at radius 2 is 2.20 bits per heavy atom. The Balaban J connectivity index is 2.73. The van der Waals surface area contributed by atoms with Gasteiger partial charge >= 0.3 is 0 Å². The van der Waals surface area contributed by atoms with Crippen molar-refractivity contribution < 1.29 is 14.0 Å². The summed E-state index contributed by atoms with van der Waals surface area (Å²) in [5, 5.41) is 0. The minimum atomic E-state index is -2.73. The van der Waals surface area contributed by atoms with Crippen molar-refractivity contribution >= 4 is 26.7 Å². The Kier molecular flexibility index (Phi) is 4.71. The van der Waals surface area contributed by atoms with Crippen LogP contribution in [-0.2, 0) is 14.0 Å². The summed E-state index contributed by atoms with van der Waals surface area (Å²) in [6.07, 6.45) is -0.325. The van der Waals surface area contributed by atoms with E-state index < -0.39 is 6.65 Å². The van der Waals surface area contributed by atoms with Gasteiger partial charge in [0.15, 0.2) is 6.29 Å². The average molecular weight is 252 g/mol. The molecule has 1 aliphatic rings. The Labute approximate surface area is 97.1 Å². The highest BCUT2D eigenvalue weighted by molar-refractivity contribution is 8.46. The molecule has 3 atom stereocenters. The zero-order chi connectivity index (χ0) is 11.6. The first kappa shape index (κ1) is 13.5. The highest BCUT2D eigenvalue weighted by Gasteiger charge is 2.36. The molecule has 0 aromatic carbocycles. The number of hydrogen-bond acceptors (Lipinski definition) is 3. The standard InChI is InChI=1S/C7H18BN2O3PS/c1-9(2)14(11,15)10-4-6(8)13-7(5-10)12-3/h6-7H,4-5,8H2,1-3H3,(H,11,15). The summed E-state index contributed by atoms with van der Waals surface area (Å²) in [6.45, 7) is -1.63. The lowest BCUT2D eigenvalue weighted by atomic mass is 9.99. The summed E-state index contributed by atoms with van der Waals surface area (Å²) in [5.74, 6) is 0. The number of ether oxygens (including phenoxy) is 2. The highest BCUT2D eigenvalue weighted by Crippen LogP contribution is 2.56. The Hall–Kier alpha value is 0.485. The van der Waals surface area contributed by atoms with Gasteiger partial charge in [-0.2, -0.15) is 0 Å². The largest absolute Gasteiger partial charge is 0.356 e. The van der Waals surface area contributed by atoms with E-state index in [9.17, 15) is 4.57 Å². The van der Waals surface area contributed by atoms with Crippen LogP contribution in [-0.4, -0.2) is 63.8 Å². The Bertz CT molecular complexity index is 269. The second-order valence-electron chi connectivity index (χ2n) is 3.84. The molecular weight excluding hydrogens is 234 g/mol. The Morgan fingerprint density at radius 1 is 1.60 bits per heavy atom. The van der Waals surface area contributed by atoms with E-state index in [1.165, 1.54) is 0 Å². The van der Waals surface area contributed by atoms with Gasteiger partial charge < -0.3 is 9.47 Å². The quantitative estimate of drug-likeness (QED) is 0.430. The van der Waals surface area contributed by atoms with Crippen molar-refractivity contribution in [3.63, 3.8) is 0 Å². The van der Waals surface area contributed by atoms with Gasteiger partial charge in [-0.1, -0.05) is 12.2 Å². The number of rotatable bonds is 3. The minimum absolute atomic E-state index is 0.00382. The first-order valence-corrected chi connectivity index (χ1v) is 7.58. The molecule has 0 aromatic rings. The summed E-state index contributed by atoms with van der Waals surface area (Å²) in [6, 6.07) is 0.00382. The summed E-state index contributed by atoms with van der Waals surface area (Å²) in [7, 11) is 7.03. The third-order valence-electron chi connectivity index (χ3n) is 2.36. The van der Waals surface area contributed by atoms with Gasteiger partial charge in [-0.3, -0.25) is 4.57 Å². The second kappa shape index (κ2) is 5.21. The van der Waals surface area contributed by atoms with Crippen LogP contribution in [0, 0.1) is 0 Å². The average Bonchev–Trinajstić information content (AvgIpc) is 2.16. The van der Waals surface area contributed by atoms with Crippen molar-refractivity contribution in [3.8, 4) is 0 Å². The van der Waals surface area contributed by atoms with E-state index in [-0.39, 0.29) is 12.3 Å². The summed E-state index contributed by atoms with van der Waals surface area (Å²) < 4.78 is 26.4. The molecule has 88 valence electrons. The molecule has 0 aliphatic carbocycles. The number of hydrogen-bond donors (Lipinski definition) is 1. The van der Waals surface area contributed by atoms with E-state index >= 15 is 0 Å². The van der Waals surface area contributed by atoms with Gasteiger partial charge in [0.2, 0.25) is 0 Å². The zero-order valence-electron chi connectivity index (χ0n) is 9.58. The van der Waals surface area contributed by atoms with Crippen LogP contribution >= 0.6 is 18.9 Å². The molecule has 0 saturated carbocycles. The fourth-order valence-corrected chi connectivity index (χ4v) is 3.22. The van der Waals surface area contributed by atoms with E-state index in [0.29, 0.717) is 13.1 Å². The van der Waals surface area contributed by atoms with Crippen LogP contribution < -0.4 is 0 Å². The maximum absolute atomic E-state index is 12.3. The predicted molar refractivity (Wildman–Crippen MR) is 66.1 cm³/mol. The van der Waals surface area contributed by atoms with E-state index in [0.717, 1.165) is 0 Å². The first-order valence-electron chi connectivity index (χ1n) is 4.82.